The zero-order valence-electron chi connectivity index (χ0n) is 23.0. The van der Waals surface area contributed by atoms with E-state index in [0.29, 0.717) is 25.1 Å². The summed E-state index contributed by atoms with van der Waals surface area (Å²) in [6.45, 7) is 8.45. The van der Waals surface area contributed by atoms with Crippen LogP contribution in [-0.2, 0) is 6.54 Å². The van der Waals surface area contributed by atoms with Crippen LogP contribution in [0.1, 0.15) is 55.0 Å². The van der Waals surface area contributed by atoms with Crippen molar-refractivity contribution in [3.63, 3.8) is 0 Å². The van der Waals surface area contributed by atoms with Gasteiger partial charge in [0.2, 0.25) is 0 Å². The minimum Gasteiger partial charge on any atom is -0.387 e. The molecule has 1 aromatic heterocycles. The molecule has 3 aromatic carbocycles. The second-order valence-corrected chi connectivity index (χ2v) is 11.7. The van der Waals surface area contributed by atoms with Gasteiger partial charge < -0.3 is 19.9 Å². The first kappa shape index (κ1) is 26.9. The summed E-state index contributed by atoms with van der Waals surface area (Å²) < 4.78 is 2.18. The third-order valence-electron chi connectivity index (χ3n) is 7.42. The maximum atomic E-state index is 14.2. The van der Waals surface area contributed by atoms with E-state index in [9.17, 15) is 9.90 Å². The van der Waals surface area contributed by atoms with Crippen LogP contribution in [0.2, 0.25) is 0 Å². The van der Waals surface area contributed by atoms with E-state index in [0.717, 1.165) is 29.2 Å². The number of rotatable bonds is 8. The molecule has 4 aromatic rings. The molecule has 1 aliphatic rings. The highest BCUT2D eigenvalue weighted by atomic mass is 16.3. The lowest BCUT2D eigenvalue weighted by Crippen LogP contribution is -2.51. The summed E-state index contributed by atoms with van der Waals surface area (Å²) >= 11 is 0. The number of aromatic nitrogens is 2. The molecule has 39 heavy (non-hydrogen) atoms. The molecule has 1 saturated heterocycles. The van der Waals surface area contributed by atoms with Gasteiger partial charge in [-0.1, -0.05) is 99.6 Å². The largest absolute Gasteiger partial charge is 0.387 e. The van der Waals surface area contributed by atoms with Crippen molar-refractivity contribution < 1.29 is 9.90 Å². The van der Waals surface area contributed by atoms with Crippen molar-refractivity contribution in [2.45, 2.75) is 45.4 Å². The number of hydrogen-bond acceptors (Lipinski definition) is 4. The van der Waals surface area contributed by atoms with E-state index in [-0.39, 0.29) is 17.9 Å². The van der Waals surface area contributed by atoms with Gasteiger partial charge in [0.15, 0.2) is 0 Å². The summed E-state index contributed by atoms with van der Waals surface area (Å²) in [6, 6.07) is 29.4. The fraction of sp³-hybridized carbons (Fsp3) is 0.333. The van der Waals surface area contributed by atoms with E-state index < -0.39 is 11.6 Å². The van der Waals surface area contributed by atoms with Crippen molar-refractivity contribution in [1.29, 1.82) is 0 Å². The molecule has 0 spiro atoms. The number of carbonyl (C=O) groups is 1. The molecule has 0 aliphatic carbocycles. The van der Waals surface area contributed by atoms with Crippen LogP contribution in [0.3, 0.4) is 0 Å². The summed E-state index contributed by atoms with van der Waals surface area (Å²) in [5, 5.41) is 14.8. The highest BCUT2D eigenvalue weighted by molar-refractivity contribution is 5.94. The van der Waals surface area contributed by atoms with E-state index >= 15 is 0 Å². The van der Waals surface area contributed by atoms with E-state index in [1.807, 2.05) is 71.6 Å². The second-order valence-electron chi connectivity index (χ2n) is 11.7. The van der Waals surface area contributed by atoms with Crippen LogP contribution < -0.4 is 5.32 Å². The number of β-amino-alcohol motifs (C(OH)–C–C–N with tert-alkyl or cyclic N) is 1. The smallest absolute Gasteiger partial charge is 0.254 e. The fourth-order valence-corrected chi connectivity index (χ4v) is 5.51. The molecule has 202 valence electrons. The van der Waals surface area contributed by atoms with Crippen LogP contribution in [0, 0.1) is 5.41 Å². The molecule has 1 amide bonds. The normalized spacial score (nSPS) is 18.2. The lowest BCUT2D eigenvalue weighted by molar-refractivity contribution is -0.0102. The molecule has 6 heteroatoms. The molecule has 2 N–H and O–H groups in total. The minimum atomic E-state index is -1.01. The van der Waals surface area contributed by atoms with Crippen molar-refractivity contribution in [2.75, 3.05) is 19.6 Å². The number of amides is 1. The molecule has 0 unspecified atom stereocenters. The topological polar surface area (TPSA) is 70.4 Å². The van der Waals surface area contributed by atoms with Gasteiger partial charge in [-0.3, -0.25) is 4.79 Å². The Kier molecular flexibility index (Phi) is 7.69. The number of benzene rings is 3. The zero-order chi connectivity index (χ0) is 27.5. The first-order valence-electron chi connectivity index (χ1n) is 13.7. The van der Waals surface area contributed by atoms with Gasteiger partial charge in [0, 0.05) is 30.4 Å². The molecule has 5 rings (SSSR count). The van der Waals surface area contributed by atoms with Crippen molar-refractivity contribution >= 4 is 5.91 Å². The first-order valence-corrected chi connectivity index (χ1v) is 13.7. The molecule has 0 radical (unpaired) electrons. The molecule has 0 bridgehead atoms. The molecular formula is C33H38N4O2. The van der Waals surface area contributed by atoms with Gasteiger partial charge in [0.25, 0.3) is 5.91 Å². The second kappa shape index (κ2) is 11.2. The van der Waals surface area contributed by atoms with E-state index in [1.54, 1.807) is 0 Å². The molecule has 2 heterocycles. The van der Waals surface area contributed by atoms with Crippen molar-refractivity contribution in [2.24, 2.45) is 5.41 Å². The predicted molar refractivity (Wildman–Crippen MR) is 155 cm³/mol. The number of nitrogens with zero attached hydrogens (tertiary/aromatic N) is 3. The molecule has 1 aliphatic heterocycles. The third-order valence-corrected chi connectivity index (χ3v) is 7.42. The summed E-state index contributed by atoms with van der Waals surface area (Å²) in [7, 11) is 0. The molecular weight excluding hydrogens is 484 g/mol. The Balaban J connectivity index is 1.66. The van der Waals surface area contributed by atoms with E-state index in [1.165, 1.54) is 0 Å². The van der Waals surface area contributed by atoms with Gasteiger partial charge in [-0.2, -0.15) is 0 Å². The Morgan fingerprint density at radius 3 is 2.21 bits per heavy atom. The van der Waals surface area contributed by atoms with Gasteiger partial charge in [-0.15, -0.1) is 0 Å². The van der Waals surface area contributed by atoms with Gasteiger partial charge in [0.1, 0.15) is 5.82 Å². The highest BCUT2D eigenvalue weighted by Crippen LogP contribution is 2.41. The van der Waals surface area contributed by atoms with Crippen molar-refractivity contribution in [3.05, 3.63) is 114 Å². The SMILES string of the molecule is CC(C)(C)[C@H](c1nc(-c2ccccc2)cn1Cc1ccccc1)N(C[C@@]1(O)CCNC1)C(=O)c1ccccc1. The number of aliphatic hydroxyl groups is 1. The van der Waals surface area contributed by atoms with Gasteiger partial charge in [-0.05, 0) is 36.1 Å². The quantitative estimate of drug-likeness (QED) is 0.318. The van der Waals surface area contributed by atoms with Gasteiger partial charge >= 0.3 is 0 Å². The fourth-order valence-electron chi connectivity index (χ4n) is 5.51. The van der Waals surface area contributed by atoms with Crippen molar-refractivity contribution in [1.82, 2.24) is 19.8 Å². The van der Waals surface area contributed by atoms with Crippen LogP contribution in [0.5, 0.6) is 0 Å². The third kappa shape index (κ3) is 6.13. The average Bonchev–Trinajstić information content (AvgIpc) is 3.55. The lowest BCUT2D eigenvalue weighted by Gasteiger charge is -2.42. The van der Waals surface area contributed by atoms with Crippen LogP contribution in [0.25, 0.3) is 11.3 Å². The summed E-state index contributed by atoms with van der Waals surface area (Å²) in [6.07, 6.45) is 2.68. The standard InChI is InChI=1S/C33H38N4O2/c1-32(2,3)29(37(24-33(39)19-20-34-23-33)31(38)27-17-11-6-12-18-27)30-35-28(26-15-9-5-10-16-26)22-36(30)21-25-13-7-4-8-14-25/h4-18,22,29,34,39H,19-21,23-24H2,1-3H3/t29-,33+/m0/s1. The van der Waals surface area contributed by atoms with Crippen LogP contribution in [-0.4, -0.2) is 50.7 Å². The monoisotopic (exact) mass is 522 g/mol. The van der Waals surface area contributed by atoms with E-state index in [4.69, 9.17) is 4.98 Å². The van der Waals surface area contributed by atoms with Crippen molar-refractivity contribution in [3.8, 4) is 11.3 Å². The van der Waals surface area contributed by atoms with Crippen LogP contribution in [0.4, 0.5) is 0 Å². The van der Waals surface area contributed by atoms with Crippen LogP contribution in [0.15, 0.2) is 97.2 Å². The van der Waals surface area contributed by atoms with Gasteiger partial charge in [-0.25, -0.2) is 4.98 Å². The molecule has 0 saturated carbocycles. The van der Waals surface area contributed by atoms with Crippen LogP contribution >= 0.6 is 0 Å². The Hall–Kier alpha value is -3.74. The average molecular weight is 523 g/mol. The van der Waals surface area contributed by atoms with Gasteiger partial charge in [0.05, 0.1) is 23.9 Å². The summed E-state index contributed by atoms with van der Waals surface area (Å²) in [4.78, 5) is 21.3. The lowest BCUT2D eigenvalue weighted by atomic mass is 9.83. The summed E-state index contributed by atoms with van der Waals surface area (Å²) in [5.41, 5.74) is 2.27. The maximum absolute atomic E-state index is 14.2. The predicted octanol–water partition coefficient (Wildman–Crippen LogP) is 5.55. The Labute approximate surface area is 231 Å². The molecule has 6 nitrogen and oxygen atoms in total. The maximum Gasteiger partial charge on any atom is 0.254 e. The Morgan fingerprint density at radius 2 is 1.62 bits per heavy atom. The molecule has 2 atom stereocenters. The van der Waals surface area contributed by atoms with E-state index in [2.05, 4.69) is 61.1 Å². The minimum absolute atomic E-state index is 0.105. The number of imidazole rings is 1. The Morgan fingerprint density at radius 1 is 1.00 bits per heavy atom. The first-order chi connectivity index (χ1) is 18.7. The Bertz CT molecular complexity index is 1370. The number of carbonyl (C=O) groups excluding carboxylic acids is 1. The zero-order valence-corrected chi connectivity index (χ0v) is 23.0. The number of nitrogens with one attached hydrogen (secondary N) is 1. The molecule has 1 fully saturated rings. The summed E-state index contributed by atoms with van der Waals surface area (Å²) in [5.74, 6) is 0.704. The number of hydrogen-bond donors (Lipinski definition) is 2. The highest BCUT2D eigenvalue weighted by Gasteiger charge is 2.43.